The van der Waals surface area contributed by atoms with Gasteiger partial charge in [0.15, 0.2) is 0 Å². The molecule has 0 radical (unpaired) electrons. The highest BCUT2D eigenvalue weighted by Gasteiger charge is 2.25. The summed E-state index contributed by atoms with van der Waals surface area (Å²) in [5.74, 6) is -0.0377. The quantitative estimate of drug-likeness (QED) is 0.854. The fourth-order valence-corrected chi connectivity index (χ4v) is 2.65. The zero-order chi connectivity index (χ0) is 14.7. The van der Waals surface area contributed by atoms with Crippen LogP contribution in [-0.2, 0) is 17.8 Å². The average molecular weight is 286 g/mol. The third-order valence-electron chi connectivity index (χ3n) is 3.62. The van der Waals surface area contributed by atoms with Gasteiger partial charge in [0.05, 0.1) is 37.2 Å². The van der Waals surface area contributed by atoms with E-state index in [1.807, 2.05) is 30.2 Å². The normalized spacial score (nSPS) is 18.1. The van der Waals surface area contributed by atoms with Crippen molar-refractivity contribution in [1.29, 1.82) is 0 Å². The number of carbonyl (C=O) groups excluding carboxylic acids is 1. The van der Waals surface area contributed by atoms with Crippen molar-refractivity contribution < 1.29 is 9.53 Å². The summed E-state index contributed by atoms with van der Waals surface area (Å²) in [6, 6.07) is 5.73. The van der Waals surface area contributed by atoms with E-state index < -0.39 is 0 Å². The first-order chi connectivity index (χ1) is 10.3. The molecule has 3 heterocycles. The van der Waals surface area contributed by atoms with E-state index in [9.17, 15) is 4.79 Å². The second kappa shape index (κ2) is 6.05. The number of amides is 1. The van der Waals surface area contributed by atoms with E-state index in [0.29, 0.717) is 25.3 Å². The second-order valence-corrected chi connectivity index (χ2v) is 5.05. The molecule has 1 amide bonds. The third-order valence-corrected chi connectivity index (χ3v) is 3.62. The molecule has 0 bridgehead atoms. The maximum atomic E-state index is 12.6. The first-order valence-electron chi connectivity index (χ1n) is 7.09. The highest BCUT2D eigenvalue weighted by Crippen LogP contribution is 2.17. The fraction of sp³-hybridized carbons (Fsp3) is 0.400. The van der Waals surface area contributed by atoms with Crippen LogP contribution in [0.3, 0.4) is 0 Å². The summed E-state index contributed by atoms with van der Waals surface area (Å²) in [5, 5.41) is 7.49. The largest absolute Gasteiger partial charge is 0.375 e. The zero-order valence-corrected chi connectivity index (χ0v) is 12.0. The molecule has 1 unspecified atom stereocenters. The van der Waals surface area contributed by atoms with Gasteiger partial charge in [-0.2, -0.15) is 10.2 Å². The molecule has 3 rings (SSSR count). The van der Waals surface area contributed by atoms with Gasteiger partial charge < -0.3 is 14.2 Å². The van der Waals surface area contributed by atoms with E-state index in [2.05, 4.69) is 14.8 Å². The van der Waals surface area contributed by atoms with Gasteiger partial charge in [0.25, 0.3) is 5.91 Å². The van der Waals surface area contributed by atoms with Crippen LogP contribution in [0.15, 0.2) is 36.8 Å². The van der Waals surface area contributed by atoms with Gasteiger partial charge in [-0.25, -0.2) is 0 Å². The summed E-state index contributed by atoms with van der Waals surface area (Å²) in [6.07, 6.45) is 5.07. The predicted molar refractivity (Wildman–Crippen MR) is 76.6 cm³/mol. The minimum absolute atomic E-state index is 0.00222. The Morgan fingerprint density at radius 1 is 1.38 bits per heavy atom. The van der Waals surface area contributed by atoms with Gasteiger partial charge in [-0.05, 0) is 25.1 Å². The Hall–Kier alpha value is -2.21. The van der Waals surface area contributed by atoms with E-state index in [4.69, 9.17) is 4.74 Å². The van der Waals surface area contributed by atoms with Gasteiger partial charge in [0, 0.05) is 25.0 Å². The van der Waals surface area contributed by atoms with Crippen LogP contribution in [0.1, 0.15) is 23.0 Å². The average Bonchev–Trinajstić information content (AvgIpc) is 2.86. The van der Waals surface area contributed by atoms with Gasteiger partial charge in [-0.1, -0.05) is 0 Å². The van der Waals surface area contributed by atoms with Crippen molar-refractivity contribution in [1.82, 2.24) is 19.7 Å². The lowest BCUT2D eigenvalue weighted by atomic mass is 10.2. The summed E-state index contributed by atoms with van der Waals surface area (Å²) in [6.45, 7) is 4.55. The van der Waals surface area contributed by atoms with Crippen LogP contribution in [0, 0.1) is 0 Å². The lowest BCUT2D eigenvalue weighted by Gasteiger charge is -2.24. The first-order valence-corrected chi connectivity index (χ1v) is 7.09. The second-order valence-electron chi connectivity index (χ2n) is 5.05. The Balaban J connectivity index is 1.86. The number of nitrogens with zero attached hydrogens (tertiary/aromatic N) is 4. The number of rotatable bonds is 3. The van der Waals surface area contributed by atoms with Crippen LogP contribution < -0.4 is 0 Å². The molecule has 0 saturated heterocycles. The molecule has 6 nitrogen and oxygen atoms in total. The van der Waals surface area contributed by atoms with Crippen molar-refractivity contribution in [2.24, 2.45) is 0 Å². The molecule has 1 atom stereocenters. The molecule has 110 valence electrons. The summed E-state index contributed by atoms with van der Waals surface area (Å²) < 4.78 is 7.91. The number of aromatic nitrogens is 3. The number of hydrogen-bond acceptors (Lipinski definition) is 4. The molecule has 6 heteroatoms. The Morgan fingerprint density at radius 3 is 3.05 bits per heavy atom. The monoisotopic (exact) mass is 286 g/mol. The van der Waals surface area contributed by atoms with Crippen LogP contribution in [0.5, 0.6) is 0 Å². The van der Waals surface area contributed by atoms with E-state index >= 15 is 0 Å². The topological polar surface area (TPSA) is 60.2 Å². The summed E-state index contributed by atoms with van der Waals surface area (Å²) >= 11 is 0. The summed E-state index contributed by atoms with van der Waals surface area (Å²) in [7, 11) is 0. The lowest BCUT2D eigenvalue weighted by Crippen LogP contribution is -2.37. The summed E-state index contributed by atoms with van der Waals surface area (Å²) in [5.41, 5.74) is 1.67. The summed E-state index contributed by atoms with van der Waals surface area (Å²) in [4.78, 5) is 14.4. The number of carbonyl (C=O) groups is 1. The number of hydrogen-bond donors (Lipinski definition) is 0. The standard InChI is InChI=1S/C15H18N4O2/c1-2-21-14-10-18-7-3-4-13(18)9-19(11-14)15(20)12-5-6-16-17-8-12/h3-8,14H,2,9-11H2,1H3. The molecular formula is C15H18N4O2. The molecule has 0 fully saturated rings. The molecule has 0 aromatic carbocycles. The first kappa shape index (κ1) is 13.8. The molecular weight excluding hydrogens is 268 g/mol. The van der Waals surface area contributed by atoms with Crippen molar-refractivity contribution in [2.45, 2.75) is 26.1 Å². The number of ether oxygens (including phenoxy) is 1. The van der Waals surface area contributed by atoms with Gasteiger partial charge in [-0.3, -0.25) is 4.79 Å². The molecule has 2 aromatic heterocycles. The Bertz CT molecular complexity index is 611. The van der Waals surface area contributed by atoms with Crippen molar-refractivity contribution in [3.8, 4) is 0 Å². The van der Waals surface area contributed by atoms with Crippen molar-refractivity contribution in [3.05, 3.63) is 48.0 Å². The number of fused-ring (bicyclic) bond motifs is 1. The van der Waals surface area contributed by atoms with E-state index in [0.717, 1.165) is 12.2 Å². The van der Waals surface area contributed by atoms with E-state index in [-0.39, 0.29) is 12.0 Å². The van der Waals surface area contributed by atoms with Crippen molar-refractivity contribution in [2.75, 3.05) is 13.2 Å². The minimum Gasteiger partial charge on any atom is -0.375 e. The van der Waals surface area contributed by atoms with Gasteiger partial charge >= 0.3 is 0 Å². The SMILES string of the molecule is CCOC1CN(C(=O)c2ccnnc2)Cc2cccn2C1. The molecule has 21 heavy (non-hydrogen) atoms. The highest BCUT2D eigenvalue weighted by atomic mass is 16.5. The molecule has 1 aliphatic heterocycles. The molecule has 0 spiro atoms. The third kappa shape index (κ3) is 2.95. The molecule has 2 aromatic rings. The maximum absolute atomic E-state index is 12.6. The minimum atomic E-state index is -0.0377. The van der Waals surface area contributed by atoms with Crippen LogP contribution >= 0.6 is 0 Å². The van der Waals surface area contributed by atoms with E-state index in [1.54, 1.807) is 6.07 Å². The Labute approximate surface area is 123 Å². The highest BCUT2D eigenvalue weighted by molar-refractivity contribution is 5.93. The Kier molecular flexibility index (Phi) is 3.96. The van der Waals surface area contributed by atoms with Gasteiger partial charge in [0.1, 0.15) is 0 Å². The predicted octanol–water partition coefficient (Wildman–Crippen LogP) is 1.34. The van der Waals surface area contributed by atoms with Crippen LogP contribution in [0.2, 0.25) is 0 Å². The Morgan fingerprint density at radius 2 is 2.29 bits per heavy atom. The van der Waals surface area contributed by atoms with Crippen molar-refractivity contribution in [3.63, 3.8) is 0 Å². The molecule has 0 saturated carbocycles. The smallest absolute Gasteiger partial charge is 0.255 e. The molecule has 1 aliphatic rings. The van der Waals surface area contributed by atoms with Gasteiger partial charge in [0.2, 0.25) is 0 Å². The molecule has 0 aliphatic carbocycles. The van der Waals surface area contributed by atoms with Gasteiger partial charge in [-0.15, -0.1) is 0 Å². The van der Waals surface area contributed by atoms with Crippen LogP contribution in [0.4, 0.5) is 0 Å². The molecule has 0 N–H and O–H groups in total. The lowest BCUT2D eigenvalue weighted by molar-refractivity contribution is 0.0258. The maximum Gasteiger partial charge on any atom is 0.255 e. The van der Waals surface area contributed by atoms with Crippen LogP contribution in [-0.4, -0.2) is 44.8 Å². The van der Waals surface area contributed by atoms with Crippen LogP contribution in [0.25, 0.3) is 0 Å². The zero-order valence-electron chi connectivity index (χ0n) is 12.0. The van der Waals surface area contributed by atoms with Crippen molar-refractivity contribution >= 4 is 5.91 Å². The van der Waals surface area contributed by atoms with E-state index in [1.165, 1.54) is 12.4 Å². The fourth-order valence-electron chi connectivity index (χ4n) is 2.65.